The molecule has 0 spiro atoms. The van der Waals surface area contributed by atoms with Gasteiger partial charge in [0.15, 0.2) is 0 Å². The lowest BCUT2D eigenvalue weighted by Gasteiger charge is -2.05. The fraction of sp³-hybridized carbons (Fsp3) is 0.0667. The number of thiol groups is 1. The molecule has 0 radical (unpaired) electrons. The van der Waals surface area contributed by atoms with E-state index < -0.39 is 0 Å². The first kappa shape index (κ1) is 11.8. The molecule has 0 amide bonds. The maximum Gasteiger partial charge on any atom is 0.127 e. The van der Waals surface area contributed by atoms with Gasteiger partial charge in [0.05, 0.1) is 0 Å². The second kappa shape index (κ2) is 6.16. The lowest BCUT2D eigenvalue weighted by molar-refractivity contribution is 0.482. The fourth-order valence-electron chi connectivity index (χ4n) is 1.46. The Hall–Kier alpha value is -1.67. The van der Waals surface area contributed by atoms with Crippen molar-refractivity contribution in [2.24, 2.45) is 0 Å². The molecule has 2 aromatic rings. The van der Waals surface area contributed by atoms with Crippen LogP contribution in [0.25, 0.3) is 6.08 Å². The third kappa shape index (κ3) is 3.68. The van der Waals surface area contributed by atoms with Gasteiger partial charge in [0.1, 0.15) is 11.5 Å². The molecule has 0 unspecified atom stereocenters. The molecule has 2 heteroatoms. The largest absolute Gasteiger partial charge is 0.457 e. The van der Waals surface area contributed by atoms with Crippen molar-refractivity contribution in [2.45, 2.75) is 0 Å². The highest BCUT2D eigenvalue weighted by atomic mass is 32.1. The van der Waals surface area contributed by atoms with Crippen LogP contribution in [0.3, 0.4) is 0 Å². The summed E-state index contributed by atoms with van der Waals surface area (Å²) in [7, 11) is 0. The SMILES string of the molecule is SCC=Cc1ccc(Oc2ccccc2)cc1. The van der Waals surface area contributed by atoms with Crippen molar-refractivity contribution in [3.63, 3.8) is 0 Å². The number of benzene rings is 2. The summed E-state index contributed by atoms with van der Waals surface area (Å²) in [6.07, 6.45) is 4.05. The molecule has 1 nitrogen and oxygen atoms in total. The standard InChI is InChI=1S/C15H14OS/c17-12-4-5-13-8-10-15(11-9-13)16-14-6-2-1-3-7-14/h1-11,17H,12H2. The number of para-hydroxylation sites is 1. The van der Waals surface area contributed by atoms with E-state index in [1.165, 1.54) is 0 Å². The lowest BCUT2D eigenvalue weighted by atomic mass is 10.2. The van der Waals surface area contributed by atoms with Crippen LogP contribution in [-0.2, 0) is 0 Å². The molecule has 0 heterocycles. The van der Waals surface area contributed by atoms with Crippen LogP contribution in [0.1, 0.15) is 5.56 Å². The van der Waals surface area contributed by atoms with E-state index in [-0.39, 0.29) is 0 Å². The maximum absolute atomic E-state index is 5.70. The van der Waals surface area contributed by atoms with E-state index in [2.05, 4.69) is 12.6 Å². The van der Waals surface area contributed by atoms with E-state index in [1.54, 1.807) is 0 Å². The first-order chi connectivity index (χ1) is 8.38. The van der Waals surface area contributed by atoms with Crippen LogP contribution in [-0.4, -0.2) is 5.75 Å². The highest BCUT2D eigenvalue weighted by Crippen LogP contribution is 2.21. The summed E-state index contributed by atoms with van der Waals surface area (Å²) >= 11 is 4.13. The summed E-state index contributed by atoms with van der Waals surface area (Å²) in [4.78, 5) is 0. The van der Waals surface area contributed by atoms with Crippen molar-refractivity contribution in [3.05, 3.63) is 66.2 Å². The van der Waals surface area contributed by atoms with Gasteiger partial charge >= 0.3 is 0 Å². The number of hydrogen-bond acceptors (Lipinski definition) is 2. The van der Waals surface area contributed by atoms with Crippen molar-refractivity contribution in [2.75, 3.05) is 5.75 Å². The number of ether oxygens (including phenoxy) is 1. The van der Waals surface area contributed by atoms with Crippen LogP contribution < -0.4 is 4.74 Å². The second-order valence-corrected chi connectivity index (χ2v) is 3.93. The van der Waals surface area contributed by atoms with Crippen LogP contribution in [0.2, 0.25) is 0 Å². The minimum atomic E-state index is 0.752. The molecule has 0 N–H and O–H groups in total. The van der Waals surface area contributed by atoms with Crippen molar-refractivity contribution < 1.29 is 4.74 Å². The van der Waals surface area contributed by atoms with Gasteiger partial charge in [-0.25, -0.2) is 0 Å². The average molecular weight is 242 g/mol. The maximum atomic E-state index is 5.70. The van der Waals surface area contributed by atoms with Crippen molar-refractivity contribution >= 4 is 18.7 Å². The molecule has 86 valence electrons. The van der Waals surface area contributed by atoms with Crippen molar-refractivity contribution in [3.8, 4) is 11.5 Å². The molecule has 0 saturated carbocycles. The third-order valence-corrected chi connectivity index (χ3v) is 2.49. The van der Waals surface area contributed by atoms with E-state index in [9.17, 15) is 0 Å². The van der Waals surface area contributed by atoms with E-state index in [1.807, 2.05) is 66.7 Å². The summed E-state index contributed by atoms with van der Waals surface area (Å²) in [6, 6.07) is 17.7. The van der Waals surface area contributed by atoms with Gasteiger partial charge in [0, 0.05) is 5.75 Å². The Kier molecular flexibility index (Phi) is 4.28. The van der Waals surface area contributed by atoms with Gasteiger partial charge in [-0.15, -0.1) is 0 Å². The molecule has 0 atom stereocenters. The Balaban J connectivity index is 2.06. The Morgan fingerprint density at radius 1 is 0.882 bits per heavy atom. The Labute approximate surface area is 107 Å². The Morgan fingerprint density at radius 2 is 1.53 bits per heavy atom. The van der Waals surface area contributed by atoms with E-state index in [4.69, 9.17) is 4.74 Å². The van der Waals surface area contributed by atoms with Gasteiger partial charge in [-0.05, 0) is 29.8 Å². The second-order valence-electron chi connectivity index (χ2n) is 3.57. The minimum absolute atomic E-state index is 0.752. The highest BCUT2D eigenvalue weighted by molar-refractivity contribution is 7.80. The Bertz CT molecular complexity index is 474. The summed E-state index contributed by atoms with van der Waals surface area (Å²) in [5, 5.41) is 0. The predicted octanol–water partition coefficient (Wildman–Crippen LogP) is 4.42. The zero-order valence-corrected chi connectivity index (χ0v) is 10.3. The van der Waals surface area contributed by atoms with Crippen LogP contribution in [0, 0.1) is 0 Å². The van der Waals surface area contributed by atoms with Gasteiger partial charge in [-0.2, -0.15) is 12.6 Å². The average Bonchev–Trinajstić information content (AvgIpc) is 2.39. The number of rotatable bonds is 4. The van der Waals surface area contributed by atoms with E-state index >= 15 is 0 Å². The predicted molar refractivity (Wildman–Crippen MR) is 75.8 cm³/mol. The molecule has 2 rings (SSSR count). The molecule has 0 saturated heterocycles. The molecular weight excluding hydrogens is 228 g/mol. The van der Waals surface area contributed by atoms with Gasteiger partial charge in [-0.3, -0.25) is 0 Å². The lowest BCUT2D eigenvalue weighted by Crippen LogP contribution is -1.83. The fourth-order valence-corrected chi connectivity index (χ4v) is 1.57. The third-order valence-electron chi connectivity index (χ3n) is 2.27. The van der Waals surface area contributed by atoms with Crippen molar-refractivity contribution in [1.82, 2.24) is 0 Å². The quantitative estimate of drug-likeness (QED) is 0.781. The van der Waals surface area contributed by atoms with E-state index in [0.29, 0.717) is 0 Å². The molecule has 0 bridgehead atoms. The van der Waals surface area contributed by atoms with Gasteiger partial charge < -0.3 is 4.74 Å². The molecule has 2 aromatic carbocycles. The zero-order chi connectivity index (χ0) is 11.9. The number of hydrogen-bond donors (Lipinski definition) is 1. The van der Waals surface area contributed by atoms with Gasteiger partial charge in [0.2, 0.25) is 0 Å². The normalized spacial score (nSPS) is 10.6. The van der Waals surface area contributed by atoms with Crippen LogP contribution in [0.15, 0.2) is 60.7 Å². The molecule has 0 aromatic heterocycles. The molecular formula is C15H14OS. The summed E-state index contributed by atoms with van der Waals surface area (Å²) < 4.78 is 5.70. The summed E-state index contributed by atoms with van der Waals surface area (Å²) in [6.45, 7) is 0. The highest BCUT2D eigenvalue weighted by Gasteiger charge is 1.95. The topological polar surface area (TPSA) is 9.23 Å². The molecule has 0 aliphatic carbocycles. The van der Waals surface area contributed by atoms with Gasteiger partial charge in [0.25, 0.3) is 0 Å². The van der Waals surface area contributed by atoms with Gasteiger partial charge in [-0.1, -0.05) is 42.5 Å². The smallest absolute Gasteiger partial charge is 0.127 e. The van der Waals surface area contributed by atoms with Crippen LogP contribution >= 0.6 is 12.6 Å². The monoisotopic (exact) mass is 242 g/mol. The van der Waals surface area contributed by atoms with Crippen molar-refractivity contribution in [1.29, 1.82) is 0 Å². The molecule has 0 aliphatic rings. The van der Waals surface area contributed by atoms with Crippen LogP contribution in [0.5, 0.6) is 11.5 Å². The first-order valence-corrected chi connectivity index (χ1v) is 6.12. The zero-order valence-electron chi connectivity index (χ0n) is 9.41. The molecule has 0 fully saturated rings. The first-order valence-electron chi connectivity index (χ1n) is 5.49. The molecule has 17 heavy (non-hydrogen) atoms. The summed E-state index contributed by atoms with van der Waals surface area (Å²) in [5.74, 6) is 2.45. The summed E-state index contributed by atoms with van der Waals surface area (Å²) in [5.41, 5.74) is 1.15. The molecule has 0 aliphatic heterocycles. The van der Waals surface area contributed by atoms with E-state index in [0.717, 1.165) is 22.8 Å². The van der Waals surface area contributed by atoms with Crippen LogP contribution in [0.4, 0.5) is 0 Å². The Morgan fingerprint density at radius 3 is 2.18 bits per heavy atom. The minimum Gasteiger partial charge on any atom is -0.457 e.